The third-order valence-electron chi connectivity index (χ3n) is 2.61. The summed E-state index contributed by atoms with van der Waals surface area (Å²) in [5.41, 5.74) is 1.20. The van der Waals surface area contributed by atoms with Crippen molar-refractivity contribution in [1.29, 1.82) is 0 Å². The maximum absolute atomic E-state index is 4.55. The maximum atomic E-state index is 4.55. The van der Waals surface area contributed by atoms with E-state index in [0.717, 1.165) is 40.0 Å². The second-order valence-corrected chi connectivity index (χ2v) is 5.98. The molecule has 0 saturated heterocycles. The lowest BCUT2D eigenvalue weighted by atomic mass is 10.1. The molecule has 0 aliphatic rings. The van der Waals surface area contributed by atoms with Crippen LogP contribution in [0.3, 0.4) is 0 Å². The zero-order chi connectivity index (χ0) is 13.7. The molecule has 3 nitrogen and oxygen atoms in total. The van der Waals surface area contributed by atoms with Gasteiger partial charge in [-0.25, -0.2) is 9.97 Å². The molecule has 0 saturated carbocycles. The first kappa shape index (κ1) is 14.5. The maximum Gasteiger partial charge on any atom is 0.144 e. The molecule has 100 valence electrons. The number of rotatable bonds is 5. The normalized spacial score (nSPS) is 10.5. The minimum atomic E-state index is 0.737. The number of hydrogen-bond donors (Lipinski definition) is 1. The fourth-order valence-electron chi connectivity index (χ4n) is 1.64. The van der Waals surface area contributed by atoms with E-state index in [2.05, 4.69) is 66.2 Å². The predicted octanol–water partition coefficient (Wildman–Crippen LogP) is 4.41. The van der Waals surface area contributed by atoms with Crippen molar-refractivity contribution >= 4 is 37.7 Å². The van der Waals surface area contributed by atoms with Gasteiger partial charge in [0.25, 0.3) is 0 Å². The Morgan fingerprint density at radius 3 is 2.58 bits per heavy atom. The highest BCUT2D eigenvalue weighted by Gasteiger charge is 2.05. The van der Waals surface area contributed by atoms with Gasteiger partial charge in [0.15, 0.2) is 0 Å². The molecule has 0 bridgehead atoms. The van der Waals surface area contributed by atoms with Crippen LogP contribution in [0.2, 0.25) is 0 Å². The van der Waals surface area contributed by atoms with Gasteiger partial charge in [-0.3, -0.25) is 0 Å². The number of aromatic nitrogens is 2. The van der Waals surface area contributed by atoms with Gasteiger partial charge < -0.3 is 5.32 Å². The van der Waals surface area contributed by atoms with Crippen LogP contribution in [0.1, 0.15) is 24.7 Å². The van der Waals surface area contributed by atoms with E-state index in [1.165, 1.54) is 5.56 Å². The summed E-state index contributed by atoms with van der Waals surface area (Å²) in [7, 11) is 0. The van der Waals surface area contributed by atoms with Crippen molar-refractivity contribution in [2.45, 2.75) is 19.8 Å². The number of nitrogens with zero attached hydrogens (tertiary/aromatic N) is 2. The number of hydrogen-bond acceptors (Lipinski definition) is 3. The van der Waals surface area contributed by atoms with Gasteiger partial charge in [0.1, 0.15) is 11.6 Å². The van der Waals surface area contributed by atoms with Gasteiger partial charge in [-0.05, 0) is 40.0 Å². The SMILES string of the molecule is CCCNc1nc(Cc2ccc(Br)cc2)ncc1Br. The lowest BCUT2D eigenvalue weighted by Gasteiger charge is -2.08. The van der Waals surface area contributed by atoms with Crippen LogP contribution in [0.4, 0.5) is 5.82 Å². The van der Waals surface area contributed by atoms with Crippen molar-refractivity contribution in [2.75, 3.05) is 11.9 Å². The average molecular weight is 385 g/mol. The Morgan fingerprint density at radius 2 is 1.89 bits per heavy atom. The molecule has 0 unspecified atom stereocenters. The first-order valence-electron chi connectivity index (χ1n) is 6.18. The van der Waals surface area contributed by atoms with Crippen LogP contribution in [0.25, 0.3) is 0 Å². The van der Waals surface area contributed by atoms with Gasteiger partial charge in [-0.15, -0.1) is 0 Å². The minimum absolute atomic E-state index is 0.737. The molecule has 2 rings (SSSR count). The molecule has 1 heterocycles. The van der Waals surface area contributed by atoms with Crippen LogP contribution in [0.5, 0.6) is 0 Å². The summed E-state index contributed by atoms with van der Waals surface area (Å²) in [5.74, 6) is 1.69. The molecule has 0 fully saturated rings. The zero-order valence-electron chi connectivity index (χ0n) is 10.7. The molecule has 0 atom stereocenters. The van der Waals surface area contributed by atoms with Gasteiger partial charge in [0.05, 0.1) is 4.47 Å². The Balaban J connectivity index is 2.14. The van der Waals surface area contributed by atoms with Crippen molar-refractivity contribution in [3.63, 3.8) is 0 Å². The molecule has 0 aliphatic heterocycles. The Bertz CT molecular complexity index is 541. The van der Waals surface area contributed by atoms with Crippen LogP contribution in [0, 0.1) is 0 Å². The van der Waals surface area contributed by atoms with E-state index in [1.54, 1.807) is 6.20 Å². The Morgan fingerprint density at radius 1 is 1.16 bits per heavy atom. The van der Waals surface area contributed by atoms with Gasteiger partial charge in [0, 0.05) is 23.6 Å². The third-order valence-corrected chi connectivity index (χ3v) is 3.72. The topological polar surface area (TPSA) is 37.8 Å². The molecular formula is C14H15Br2N3. The summed E-state index contributed by atoms with van der Waals surface area (Å²) in [6, 6.07) is 8.22. The van der Waals surface area contributed by atoms with E-state index in [1.807, 2.05) is 12.1 Å². The molecule has 0 radical (unpaired) electrons. The predicted molar refractivity (Wildman–Crippen MR) is 85.5 cm³/mol. The van der Waals surface area contributed by atoms with Crippen LogP contribution >= 0.6 is 31.9 Å². The van der Waals surface area contributed by atoms with E-state index in [4.69, 9.17) is 0 Å². The molecule has 1 aromatic heterocycles. The Hall–Kier alpha value is -0.940. The molecule has 5 heteroatoms. The van der Waals surface area contributed by atoms with E-state index in [0.29, 0.717) is 0 Å². The quantitative estimate of drug-likeness (QED) is 0.829. The highest BCUT2D eigenvalue weighted by molar-refractivity contribution is 9.10. The number of halogens is 2. The third kappa shape index (κ3) is 4.28. The number of anilines is 1. The van der Waals surface area contributed by atoms with Crippen molar-refractivity contribution in [3.05, 3.63) is 50.8 Å². The van der Waals surface area contributed by atoms with Gasteiger partial charge in [-0.2, -0.15) is 0 Å². The van der Waals surface area contributed by atoms with Gasteiger partial charge in [-0.1, -0.05) is 35.0 Å². The molecule has 1 N–H and O–H groups in total. The molecule has 0 aliphatic carbocycles. The molecule has 1 aromatic carbocycles. The van der Waals surface area contributed by atoms with E-state index >= 15 is 0 Å². The largest absolute Gasteiger partial charge is 0.369 e. The van der Waals surface area contributed by atoms with Crippen molar-refractivity contribution in [3.8, 4) is 0 Å². The van der Waals surface area contributed by atoms with Gasteiger partial charge >= 0.3 is 0 Å². The Labute approximate surface area is 130 Å². The lowest BCUT2D eigenvalue weighted by Crippen LogP contribution is -2.06. The van der Waals surface area contributed by atoms with E-state index in [-0.39, 0.29) is 0 Å². The van der Waals surface area contributed by atoms with Crippen LogP contribution in [-0.2, 0) is 6.42 Å². The molecule has 19 heavy (non-hydrogen) atoms. The van der Waals surface area contributed by atoms with Crippen molar-refractivity contribution in [1.82, 2.24) is 9.97 Å². The molecule has 0 amide bonds. The zero-order valence-corrected chi connectivity index (χ0v) is 13.8. The van der Waals surface area contributed by atoms with E-state index < -0.39 is 0 Å². The Kier molecular flexibility index (Phi) is 5.34. The fraction of sp³-hybridized carbons (Fsp3) is 0.286. The van der Waals surface area contributed by atoms with Crippen LogP contribution in [-0.4, -0.2) is 16.5 Å². The van der Waals surface area contributed by atoms with Crippen molar-refractivity contribution < 1.29 is 0 Å². The summed E-state index contributed by atoms with van der Waals surface area (Å²) in [4.78, 5) is 8.90. The minimum Gasteiger partial charge on any atom is -0.369 e. The second-order valence-electron chi connectivity index (χ2n) is 4.21. The summed E-state index contributed by atoms with van der Waals surface area (Å²) in [6.07, 6.45) is 3.61. The second kappa shape index (κ2) is 7.01. The van der Waals surface area contributed by atoms with Crippen molar-refractivity contribution in [2.24, 2.45) is 0 Å². The summed E-state index contributed by atoms with van der Waals surface area (Å²) in [6.45, 7) is 3.04. The summed E-state index contributed by atoms with van der Waals surface area (Å²) in [5, 5.41) is 3.29. The fourth-order valence-corrected chi connectivity index (χ4v) is 2.24. The molecule has 0 spiro atoms. The summed E-state index contributed by atoms with van der Waals surface area (Å²) < 4.78 is 1.98. The number of benzene rings is 1. The van der Waals surface area contributed by atoms with Crippen LogP contribution < -0.4 is 5.32 Å². The molecular weight excluding hydrogens is 370 g/mol. The highest BCUT2D eigenvalue weighted by atomic mass is 79.9. The van der Waals surface area contributed by atoms with E-state index in [9.17, 15) is 0 Å². The van der Waals surface area contributed by atoms with Crippen LogP contribution in [0.15, 0.2) is 39.4 Å². The summed E-state index contributed by atoms with van der Waals surface area (Å²) >= 11 is 6.89. The lowest BCUT2D eigenvalue weighted by molar-refractivity contribution is 0.927. The monoisotopic (exact) mass is 383 g/mol. The average Bonchev–Trinajstić information content (AvgIpc) is 2.42. The van der Waals surface area contributed by atoms with Gasteiger partial charge in [0.2, 0.25) is 0 Å². The number of nitrogens with one attached hydrogen (secondary N) is 1. The smallest absolute Gasteiger partial charge is 0.144 e. The first-order chi connectivity index (χ1) is 9.19. The standard InChI is InChI=1S/C14H15Br2N3/c1-2-7-17-14-12(16)9-18-13(19-14)8-10-3-5-11(15)6-4-10/h3-6,9H,2,7-8H2,1H3,(H,17,18,19). The molecule has 2 aromatic rings. The first-order valence-corrected chi connectivity index (χ1v) is 7.77. The highest BCUT2D eigenvalue weighted by Crippen LogP contribution is 2.20.